The Balaban J connectivity index is 2.96. The zero-order valence-electron chi connectivity index (χ0n) is 13.6. The van der Waals surface area contributed by atoms with Crippen molar-refractivity contribution < 1.29 is 9.47 Å². The monoisotopic (exact) mass is 313 g/mol. The van der Waals surface area contributed by atoms with Crippen LogP contribution in [0.4, 0.5) is 0 Å². The number of ether oxygens (including phenoxy) is 2. The first-order chi connectivity index (χ1) is 10.2. The second-order valence-corrected chi connectivity index (χ2v) is 5.70. The topological polar surface area (TPSA) is 30.5 Å². The Morgan fingerprint density at radius 1 is 1.19 bits per heavy atom. The molecule has 1 N–H and O–H groups in total. The van der Waals surface area contributed by atoms with Gasteiger partial charge in [0.2, 0.25) is 0 Å². The van der Waals surface area contributed by atoms with E-state index >= 15 is 0 Å². The summed E-state index contributed by atoms with van der Waals surface area (Å²) in [5.41, 5.74) is 1.20. The van der Waals surface area contributed by atoms with Gasteiger partial charge in [0.15, 0.2) is 0 Å². The standard InChI is InChI=1S/C17H28ClNO2/c1-5-13(6-2)16(12-19-9-10-20-3)15-11-14(18)7-8-17(15)21-4/h7-8,11,13,16,19H,5-6,9-10,12H2,1-4H3. The largest absolute Gasteiger partial charge is 0.496 e. The summed E-state index contributed by atoms with van der Waals surface area (Å²) in [5, 5.41) is 4.24. The molecule has 120 valence electrons. The molecule has 1 atom stereocenters. The average molecular weight is 314 g/mol. The number of hydrogen-bond acceptors (Lipinski definition) is 3. The summed E-state index contributed by atoms with van der Waals surface area (Å²) in [7, 11) is 3.44. The summed E-state index contributed by atoms with van der Waals surface area (Å²) < 4.78 is 10.6. The maximum Gasteiger partial charge on any atom is 0.122 e. The van der Waals surface area contributed by atoms with Gasteiger partial charge in [0.05, 0.1) is 13.7 Å². The van der Waals surface area contributed by atoms with Gasteiger partial charge in [-0.3, -0.25) is 0 Å². The lowest BCUT2D eigenvalue weighted by Gasteiger charge is -2.28. The number of hydrogen-bond donors (Lipinski definition) is 1. The Labute approximate surface area is 134 Å². The van der Waals surface area contributed by atoms with Crippen LogP contribution >= 0.6 is 11.6 Å². The van der Waals surface area contributed by atoms with Crippen molar-refractivity contribution in [2.24, 2.45) is 5.92 Å². The van der Waals surface area contributed by atoms with Crippen molar-refractivity contribution in [1.29, 1.82) is 0 Å². The van der Waals surface area contributed by atoms with Gasteiger partial charge in [-0.05, 0) is 24.1 Å². The molecule has 0 fully saturated rings. The second kappa shape index (κ2) is 10.0. The Bertz CT molecular complexity index is 408. The molecule has 0 spiro atoms. The van der Waals surface area contributed by atoms with Crippen LogP contribution in [-0.2, 0) is 4.74 Å². The van der Waals surface area contributed by atoms with E-state index in [2.05, 4.69) is 19.2 Å². The normalized spacial score (nSPS) is 12.7. The third-order valence-electron chi connectivity index (χ3n) is 4.06. The van der Waals surface area contributed by atoms with Crippen LogP contribution in [0.25, 0.3) is 0 Å². The van der Waals surface area contributed by atoms with Crippen LogP contribution in [-0.4, -0.2) is 33.9 Å². The molecular formula is C17H28ClNO2. The minimum absolute atomic E-state index is 0.394. The van der Waals surface area contributed by atoms with Gasteiger partial charge in [-0.2, -0.15) is 0 Å². The lowest BCUT2D eigenvalue weighted by molar-refractivity contribution is 0.197. The summed E-state index contributed by atoms with van der Waals surface area (Å²) in [6.45, 7) is 6.98. The van der Waals surface area contributed by atoms with Gasteiger partial charge in [-0.25, -0.2) is 0 Å². The molecule has 3 nitrogen and oxygen atoms in total. The fourth-order valence-corrected chi connectivity index (χ4v) is 3.00. The maximum atomic E-state index is 6.20. The zero-order chi connectivity index (χ0) is 15.7. The van der Waals surface area contributed by atoms with Gasteiger partial charge in [0, 0.05) is 36.7 Å². The Morgan fingerprint density at radius 3 is 2.48 bits per heavy atom. The van der Waals surface area contributed by atoms with Crippen LogP contribution in [0.1, 0.15) is 38.2 Å². The summed E-state index contributed by atoms with van der Waals surface area (Å²) in [6, 6.07) is 5.88. The summed E-state index contributed by atoms with van der Waals surface area (Å²) >= 11 is 6.20. The van der Waals surface area contributed by atoms with Gasteiger partial charge in [0.25, 0.3) is 0 Å². The molecule has 1 aromatic carbocycles. The van der Waals surface area contributed by atoms with Crippen molar-refractivity contribution in [1.82, 2.24) is 5.32 Å². The van der Waals surface area contributed by atoms with E-state index in [-0.39, 0.29) is 0 Å². The van der Waals surface area contributed by atoms with Crippen molar-refractivity contribution in [3.05, 3.63) is 28.8 Å². The molecule has 0 radical (unpaired) electrons. The minimum atomic E-state index is 0.394. The molecule has 1 rings (SSSR count). The molecule has 0 aliphatic heterocycles. The average Bonchev–Trinajstić information content (AvgIpc) is 2.50. The molecule has 1 aromatic rings. The molecular weight excluding hydrogens is 286 g/mol. The van der Waals surface area contributed by atoms with Crippen molar-refractivity contribution in [2.45, 2.75) is 32.6 Å². The summed E-state index contributed by atoms with van der Waals surface area (Å²) in [5.74, 6) is 1.92. The summed E-state index contributed by atoms with van der Waals surface area (Å²) in [4.78, 5) is 0. The number of methoxy groups -OCH3 is 2. The SMILES string of the molecule is CCC(CC)C(CNCCOC)c1cc(Cl)ccc1OC. The maximum absolute atomic E-state index is 6.20. The molecule has 0 bridgehead atoms. The van der Waals surface area contributed by atoms with E-state index in [4.69, 9.17) is 21.1 Å². The highest BCUT2D eigenvalue weighted by molar-refractivity contribution is 6.30. The van der Waals surface area contributed by atoms with Crippen LogP contribution in [0.3, 0.4) is 0 Å². The molecule has 0 saturated carbocycles. The highest BCUT2D eigenvalue weighted by atomic mass is 35.5. The van der Waals surface area contributed by atoms with Gasteiger partial charge >= 0.3 is 0 Å². The molecule has 0 saturated heterocycles. The van der Waals surface area contributed by atoms with E-state index in [1.165, 1.54) is 5.56 Å². The predicted octanol–water partition coefficient (Wildman–Crippen LogP) is 4.10. The first-order valence-corrected chi connectivity index (χ1v) is 8.08. The van der Waals surface area contributed by atoms with Crippen LogP contribution in [0.15, 0.2) is 18.2 Å². The first kappa shape index (κ1) is 18.3. The molecule has 0 heterocycles. The van der Waals surface area contributed by atoms with Gasteiger partial charge in [-0.1, -0.05) is 38.3 Å². The second-order valence-electron chi connectivity index (χ2n) is 5.27. The van der Waals surface area contributed by atoms with Crippen LogP contribution in [0.2, 0.25) is 5.02 Å². The van der Waals surface area contributed by atoms with Crippen LogP contribution < -0.4 is 10.1 Å². The van der Waals surface area contributed by atoms with E-state index in [0.717, 1.165) is 43.3 Å². The van der Waals surface area contributed by atoms with E-state index in [1.54, 1.807) is 14.2 Å². The molecule has 1 unspecified atom stereocenters. The quantitative estimate of drug-likeness (QED) is 0.660. The molecule has 21 heavy (non-hydrogen) atoms. The summed E-state index contributed by atoms with van der Waals surface area (Å²) in [6.07, 6.45) is 2.28. The third kappa shape index (κ3) is 5.50. The van der Waals surface area contributed by atoms with E-state index in [0.29, 0.717) is 11.8 Å². The van der Waals surface area contributed by atoms with Crippen LogP contribution in [0.5, 0.6) is 5.75 Å². The first-order valence-electron chi connectivity index (χ1n) is 7.70. The Kier molecular flexibility index (Phi) is 8.74. The third-order valence-corrected chi connectivity index (χ3v) is 4.29. The predicted molar refractivity (Wildman–Crippen MR) is 89.6 cm³/mol. The number of nitrogens with one attached hydrogen (secondary N) is 1. The molecule has 0 aliphatic carbocycles. The lowest BCUT2D eigenvalue weighted by Crippen LogP contribution is -2.29. The Morgan fingerprint density at radius 2 is 1.90 bits per heavy atom. The Hall–Kier alpha value is -0.770. The molecule has 0 amide bonds. The molecule has 0 aromatic heterocycles. The highest BCUT2D eigenvalue weighted by Crippen LogP contribution is 2.36. The van der Waals surface area contributed by atoms with E-state index < -0.39 is 0 Å². The fourth-order valence-electron chi connectivity index (χ4n) is 2.82. The van der Waals surface area contributed by atoms with Crippen molar-refractivity contribution in [3.63, 3.8) is 0 Å². The fraction of sp³-hybridized carbons (Fsp3) is 0.647. The number of halogens is 1. The minimum Gasteiger partial charge on any atom is -0.496 e. The van der Waals surface area contributed by atoms with Crippen molar-refractivity contribution in [3.8, 4) is 5.75 Å². The number of benzene rings is 1. The molecule has 0 aliphatic rings. The van der Waals surface area contributed by atoms with Gasteiger partial charge < -0.3 is 14.8 Å². The van der Waals surface area contributed by atoms with Gasteiger partial charge in [-0.15, -0.1) is 0 Å². The van der Waals surface area contributed by atoms with Crippen LogP contribution in [0, 0.1) is 5.92 Å². The van der Waals surface area contributed by atoms with Crippen molar-refractivity contribution in [2.75, 3.05) is 33.9 Å². The lowest BCUT2D eigenvalue weighted by atomic mass is 9.82. The number of rotatable bonds is 10. The smallest absolute Gasteiger partial charge is 0.122 e. The van der Waals surface area contributed by atoms with E-state index in [9.17, 15) is 0 Å². The molecule has 4 heteroatoms. The van der Waals surface area contributed by atoms with E-state index in [1.807, 2.05) is 18.2 Å². The highest BCUT2D eigenvalue weighted by Gasteiger charge is 2.23. The van der Waals surface area contributed by atoms with Gasteiger partial charge in [0.1, 0.15) is 5.75 Å². The zero-order valence-corrected chi connectivity index (χ0v) is 14.4. The van der Waals surface area contributed by atoms with Crippen molar-refractivity contribution >= 4 is 11.6 Å².